The molecule has 1 aromatic heterocycles. The van der Waals surface area contributed by atoms with Gasteiger partial charge in [-0.25, -0.2) is 9.97 Å². The highest BCUT2D eigenvalue weighted by Gasteiger charge is 2.13. The van der Waals surface area contributed by atoms with Crippen LogP contribution in [0, 0.1) is 6.92 Å². The van der Waals surface area contributed by atoms with Crippen LogP contribution in [0.1, 0.15) is 33.3 Å². The van der Waals surface area contributed by atoms with Crippen LogP contribution in [0.25, 0.3) is 0 Å². The van der Waals surface area contributed by atoms with Crippen LogP contribution in [-0.4, -0.2) is 40.1 Å². The van der Waals surface area contributed by atoms with Crippen LogP contribution in [0.2, 0.25) is 5.15 Å². The molecule has 0 aromatic carbocycles. The molecule has 0 unspecified atom stereocenters. The third kappa shape index (κ3) is 4.10. The highest BCUT2D eigenvalue weighted by atomic mass is 35.5. The Balaban J connectivity index is 2.53. The number of nitrogens with zero attached hydrogens (tertiary/aromatic N) is 3. The highest BCUT2D eigenvalue weighted by Crippen LogP contribution is 2.19. The van der Waals surface area contributed by atoms with E-state index in [-0.39, 0.29) is 0 Å². The Morgan fingerprint density at radius 1 is 1.22 bits per heavy atom. The van der Waals surface area contributed by atoms with Gasteiger partial charge in [0.1, 0.15) is 18.1 Å². The van der Waals surface area contributed by atoms with E-state index in [1.165, 1.54) is 6.33 Å². The third-order valence-electron chi connectivity index (χ3n) is 2.89. The van der Waals surface area contributed by atoms with Crippen molar-refractivity contribution >= 4 is 11.6 Å². The van der Waals surface area contributed by atoms with Gasteiger partial charge in [-0.1, -0.05) is 11.6 Å². The van der Waals surface area contributed by atoms with Crippen LogP contribution in [0.3, 0.4) is 0 Å². The molecule has 1 aromatic rings. The minimum atomic E-state index is 0.449. The van der Waals surface area contributed by atoms with Crippen molar-refractivity contribution in [3.63, 3.8) is 0 Å². The fraction of sp³-hybridized carbons (Fsp3) is 0.692. The molecule has 0 amide bonds. The maximum atomic E-state index is 5.91. The van der Waals surface area contributed by atoms with E-state index < -0.39 is 0 Å². The Morgan fingerprint density at radius 2 is 1.83 bits per heavy atom. The fourth-order valence-corrected chi connectivity index (χ4v) is 2.04. The molecule has 0 aliphatic carbocycles. The van der Waals surface area contributed by atoms with Crippen molar-refractivity contribution in [2.75, 3.05) is 13.2 Å². The van der Waals surface area contributed by atoms with E-state index in [0.717, 1.165) is 12.1 Å². The summed E-state index contributed by atoms with van der Waals surface area (Å²) in [5.74, 6) is 0.572. The Bertz CT molecular complexity index is 374. The lowest BCUT2D eigenvalue weighted by Crippen LogP contribution is -2.39. The second-order valence-corrected chi connectivity index (χ2v) is 5.23. The Labute approximate surface area is 114 Å². The Kier molecular flexibility index (Phi) is 5.82. The first-order chi connectivity index (χ1) is 8.43. The highest BCUT2D eigenvalue weighted by molar-refractivity contribution is 6.30. The molecule has 0 fully saturated rings. The van der Waals surface area contributed by atoms with Gasteiger partial charge in [0.15, 0.2) is 0 Å². The van der Waals surface area contributed by atoms with E-state index in [4.69, 9.17) is 16.3 Å². The maximum Gasteiger partial charge on any atom is 0.220 e. The second kappa shape index (κ2) is 6.90. The van der Waals surface area contributed by atoms with Crippen molar-refractivity contribution in [3.05, 3.63) is 17.0 Å². The minimum Gasteiger partial charge on any atom is -0.476 e. The number of rotatable bonds is 6. The average Bonchev–Trinajstić information content (AvgIpc) is 2.28. The molecule has 5 heteroatoms. The molecule has 0 aliphatic heterocycles. The summed E-state index contributed by atoms with van der Waals surface area (Å²) in [6.45, 7) is 12.1. The van der Waals surface area contributed by atoms with Gasteiger partial charge in [0, 0.05) is 24.2 Å². The van der Waals surface area contributed by atoms with E-state index in [1.807, 2.05) is 6.92 Å². The summed E-state index contributed by atoms with van der Waals surface area (Å²) in [5, 5.41) is 0.449. The van der Waals surface area contributed by atoms with Crippen LogP contribution >= 0.6 is 11.6 Å². The molecular weight excluding hydrogens is 250 g/mol. The summed E-state index contributed by atoms with van der Waals surface area (Å²) in [6.07, 6.45) is 1.42. The molecule has 0 N–H and O–H groups in total. The third-order valence-corrected chi connectivity index (χ3v) is 3.27. The van der Waals surface area contributed by atoms with Gasteiger partial charge >= 0.3 is 0 Å². The summed E-state index contributed by atoms with van der Waals surface area (Å²) in [5.41, 5.74) is 0.791. The fourth-order valence-electron chi connectivity index (χ4n) is 1.92. The quantitative estimate of drug-likeness (QED) is 0.746. The van der Waals surface area contributed by atoms with Gasteiger partial charge < -0.3 is 4.74 Å². The standard InChI is InChI=1S/C13H22ClN3O/c1-9(2)17(10(3)4)6-7-18-13-11(5)12(14)15-8-16-13/h8-10H,6-7H2,1-5H3. The first-order valence-electron chi connectivity index (χ1n) is 6.29. The van der Waals surface area contributed by atoms with Gasteiger partial charge in [0.25, 0.3) is 0 Å². The van der Waals surface area contributed by atoms with Crippen molar-refractivity contribution in [2.24, 2.45) is 0 Å². The van der Waals surface area contributed by atoms with Gasteiger partial charge in [-0.15, -0.1) is 0 Å². The van der Waals surface area contributed by atoms with Crippen molar-refractivity contribution in [1.29, 1.82) is 0 Å². The monoisotopic (exact) mass is 271 g/mol. The topological polar surface area (TPSA) is 38.3 Å². The molecule has 0 aliphatic rings. The maximum absolute atomic E-state index is 5.91. The van der Waals surface area contributed by atoms with E-state index >= 15 is 0 Å². The molecule has 0 atom stereocenters. The summed E-state index contributed by atoms with van der Waals surface area (Å²) in [7, 11) is 0. The van der Waals surface area contributed by atoms with E-state index in [1.54, 1.807) is 0 Å². The predicted molar refractivity (Wildman–Crippen MR) is 74.3 cm³/mol. The summed E-state index contributed by atoms with van der Waals surface area (Å²) in [6, 6.07) is 1.01. The van der Waals surface area contributed by atoms with Crippen LogP contribution < -0.4 is 4.74 Å². The predicted octanol–water partition coefficient (Wildman–Crippen LogP) is 2.94. The smallest absolute Gasteiger partial charge is 0.220 e. The molecule has 1 heterocycles. The van der Waals surface area contributed by atoms with Crippen LogP contribution in [0.4, 0.5) is 0 Å². The van der Waals surface area contributed by atoms with Crippen LogP contribution in [0.5, 0.6) is 5.88 Å². The molecule has 0 spiro atoms. The molecule has 4 nitrogen and oxygen atoms in total. The first-order valence-corrected chi connectivity index (χ1v) is 6.67. The molecule has 18 heavy (non-hydrogen) atoms. The summed E-state index contributed by atoms with van der Waals surface area (Å²) in [4.78, 5) is 10.4. The van der Waals surface area contributed by atoms with Gasteiger partial charge in [-0.3, -0.25) is 4.90 Å². The molecule has 1 rings (SSSR count). The van der Waals surface area contributed by atoms with E-state index in [2.05, 4.69) is 42.6 Å². The van der Waals surface area contributed by atoms with Crippen LogP contribution in [0.15, 0.2) is 6.33 Å². The zero-order valence-corrected chi connectivity index (χ0v) is 12.5. The van der Waals surface area contributed by atoms with E-state index in [0.29, 0.717) is 29.7 Å². The lowest BCUT2D eigenvalue weighted by Gasteiger charge is -2.30. The number of hydrogen-bond donors (Lipinski definition) is 0. The molecular formula is C13H22ClN3O. The Morgan fingerprint density at radius 3 is 2.39 bits per heavy atom. The zero-order valence-electron chi connectivity index (χ0n) is 11.8. The molecule has 0 saturated heterocycles. The number of aromatic nitrogens is 2. The van der Waals surface area contributed by atoms with Crippen molar-refractivity contribution in [1.82, 2.24) is 14.9 Å². The SMILES string of the molecule is Cc1c(Cl)ncnc1OCCN(C(C)C)C(C)C. The Hall–Kier alpha value is -0.870. The number of hydrogen-bond acceptors (Lipinski definition) is 4. The second-order valence-electron chi connectivity index (χ2n) is 4.87. The largest absolute Gasteiger partial charge is 0.476 e. The minimum absolute atomic E-state index is 0.449. The van der Waals surface area contributed by atoms with Gasteiger partial charge in [0.2, 0.25) is 5.88 Å². The first kappa shape index (κ1) is 15.2. The average molecular weight is 272 g/mol. The zero-order chi connectivity index (χ0) is 13.7. The number of halogens is 1. The molecule has 0 saturated carbocycles. The van der Waals surface area contributed by atoms with Crippen molar-refractivity contribution < 1.29 is 4.74 Å². The summed E-state index contributed by atoms with van der Waals surface area (Å²) < 4.78 is 5.67. The van der Waals surface area contributed by atoms with Gasteiger partial charge in [0.05, 0.1) is 0 Å². The van der Waals surface area contributed by atoms with Crippen molar-refractivity contribution in [3.8, 4) is 5.88 Å². The molecule has 102 valence electrons. The lowest BCUT2D eigenvalue weighted by molar-refractivity contribution is 0.139. The lowest BCUT2D eigenvalue weighted by atomic mass is 10.2. The van der Waals surface area contributed by atoms with Crippen LogP contribution in [-0.2, 0) is 0 Å². The van der Waals surface area contributed by atoms with Gasteiger partial charge in [-0.05, 0) is 34.6 Å². The normalized spacial score (nSPS) is 11.6. The molecule has 0 radical (unpaired) electrons. The van der Waals surface area contributed by atoms with Gasteiger partial charge in [-0.2, -0.15) is 0 Å². The summed E-state index contributed by atoms with van der Waals surface area (Å²) >= 11 is 5.91. The van der Waals surface area contributed by atoms with Crippen molar-refractivity contribution in [2.45, 2.75) is 46.7 Å². The molecule has 0 bridgehead atoms. The van der Waals surface area contributed by atoms with E-state index in [9.17, 15) is 0 Å². The number of ether oxygens (including phenoxy) is 1.